The summed E-state index contributed by atoms with van der Waals surface area (Å²) in [6, 6.07) is 22.7. The van der Waals surface area contributed by atoms with Gasteiger partial charge in [0.25, 0.3) is 0 Å². The van der Waals surface area contributed by atoms with Crippen molar-refractivity contribution >= 4 is 10.8 Å². The topological polar surface area (TPSA) is 40.6 Å². The zero-order valence-corrected chi connectivity index (χ0v) is 17.7. The second-order valence-corrected chi connectivity index (χ2v) is 7.23. The highest BCUT2D eigenvalue weighted by Crippen LogP contribution is 2.36. The monoisotopic (exact) mass is 399 g/mol. The molecule has 4 nitrogen and oxygen atoms in total. The number of rotatable bonds is 6. The maximum absolute atomic E-state index is 5.54. The molecule has 1 aromatic heterocycles. The normalized spacial score (nSPS) is 10.8. The van der Waals surface area contributed by atoms with Gasteiger partial charge >= 0.3 is 0 Å². The predicted molar refractivity (Wildman–Crippen MR) is 121 cm³/mol. The third-order valence-corrected chi connectivity index (χ3v) is 5.32. The molecule has 0 radical (unpaired) electrons. The van der Waals surface area contributed by atoms with Crippen molar-refractivity contribution in [1.82, 2.24) is 4.98 Å². The van der Waals surface area contributed by atoms with Crippen LogP contribution in [0.15, 0.2) is 66.7 Å². The fourth-order valence-corrected chi connectivity index (χ4v) is 3.76. The van der Waals surface area contributed by atoms with Crippen LogP contribution in [0.4, 0.5) is 0 Å². The summed E-state index contributed by atoms with van der Waals surface area (Å²) in [5.74, 6) is 2.28. The van der Waals surface area contributed by atoms with Gasteiger partial charge in [0.2, 0.25) is 0 Å². The third-order valence-electron chi connectivity index (χ3n) is 5.32. The Bertz CT molecular complexity index is 1190. The zero-order valence-electron chi connectivity index (χ0n) is 17.7. The minimum absolute atomic E-state index is 0.703. The second kappa shape index (κ2) is 8.46. The standard InChI is InChI=1S/C26H25NO3/c1-17-12-19(10-11-24(17)28-2)22-14-20-15-25(29-3)26(30-4)16-21(20)23(27-22)13-18-8-6-5-7-9-18/h5-12,14-16H,13H2,1-4H3. The lowest BCUT2D eigenvalue weighted by Gasteiger charge is -2.14. The van der Waals surface area contributed by atoms with E-state index in [0.29, 0.717) is 11.5 Å². The molecule has 0 atom stereocenters. The van der Waals surface area contributed by atoms with E-state index in [0.717, 1.165) is 45.5 Å². The Kier molecular flexibility index (Phi) is 5.57. The van der Waals surface area contributed by atoms with Gasteiger partial charge in [-0.2, -0.15) is 0 Å². The van der Waals surface area contributed by atoms with Crippen molar-refractivity contribution in [1.29, 1.82) is 0 Å². The van der Waals surface area contributed by atoms with E-state index in [1.165, 1.54) is 5.56 Å². The van der Waals surface area contributed by atoms with Gasteiger partial charge in [-0.25, -0.2) is 0 Å². The number of hydrogen-bond donors (Lipinski definition) is 0. The van der Waals surface area contributed by atoms with Crippen molar-refractivity contribution in [2.24, 2.45) is 0 Å². The van der Waals surface area contributed by atoms with Gasteiger partial charge in [0.05, 0.1) is 32.7 Å². The summed E-state index contributed by atoms with van der Waals surface area (Å²) in [4.78, 5) is 5.06. The van der Waals surface area contributed by atoms with Crippen molar-refractivity contribution in [3.63, 3.8) is 0 Å². The van der Waals surface area contributed by atoms with Gasteiger partial charge in [0.15, 0.2) is 11.5 Å². The van der Waals surface area contributed by atoms with Crippen LogP contribution in [0.3, 0.4) is 0 Å². The lowest BCUT2D eigenvalue weighted by atomic mass is 9.99. The molecule has 30 heavy (non-hydrogen) atoms. The smallest absolute Gasteiger partial charge is 0.161 e. The van der Waals surface area contributed by atoms with Gasteiger partial charge in [-0.05, 0) is 59.8 Å². The molecular formula is C26H25NO3. The molecule has 0 bridgehead atoms. The molecule has 152 valence electrons. The number of aromatic nitrogens is 1. The molecule has 0 saturated carbocycles. The Morgan fingerprint density at radius 2 is 1.43 bits per heavy atom. The highest BCUT2D eigenvalue weighted by Gasteiger charge is 2.14. The Morgan fingerprint density at radius 3 is 2.10 bits per heavy atom. The Labute approximate surface area is 177 Å². The number of ether oxygens (including phenoxy) is 3. The average molecular weight is 399 g/mol. The average Bonchev–Trinajstić information content (AvgIpc) is 2.78. The van der Waals surface area contributed by atoms with Crippen LogP contribution in [0.25, 0.3) is 22.0 Å². The molecule has 0 aliphatic carbocycles. The molecule has 3 aromatic carbocycles. The second-order valence-electron chi connectivity index (χ2n) is 7.23. The van der Waals surface area contributed by atoms with Crippen LogP contribution in [-0.2, 0) is 6.42 Å². The SMILES string of the molecule is COc1ccc(-c2cc3cc(OC)c(OC)cc3c(Cc3ccccc3)n2)cc1C. The molecular weight excluding hydrogens is 374 g/mol. The maximum atomic E-state index is 5.54. The van der Waals surface area contributed by atoms with Gasteiger partial charge in [-0.15, -0.1) is 0 Å². The number of pyridine rings is 1. The van der Waals surface area contributed by atoms with Crippen molar-refractivity contribution < 1.29 is 14.2 Å². The summed E-state index contributed by atoms with van der Waals surface area (Å²) in [5, 5.41) is 2.13. The van der Waals surface area contributed by atoms with Crippen LogP contribution in [0.1, 0.15) is 16.8 Å². The van der Waals surface area contributed by atoms with E-state index >= 15 is 0 Å². The zero-order chi connectivity index (χ0) is 21.1. The minimum Gasteiger partial charge on any atom is -0.496 e. The largest absolute Gasteiger partial charge is 0.496 e. The molecule has 0 aliphatic rings. The summed E-state index contributed by atoms with van der Waals surface area (Å²) in [7, 11) is 5.00. The van der Waals surface area contributed by atoms with Crippen molar-refractivity contribution in [3.8, 4) is 28.5 Å². The highest BCUT2D eigenvalue weighted by atomic mass is 16.5. The number of hydrogen-bond acceptors (Lipinski definition) is 4. The van der Waals surface area contributed by atoms with E-state index in [2.05, 4.69) is 36.4 Å². The molecule has 0 N–H and O–H groups in total. The number of aryl methyl sites for hydroxylation is 1. The Balaban J connectivity index is 1.92. The van der Waals surface area contributed by atoms with Crippen molar-refractivity contribution in [2.45, 2.75) is 13.3 Å². The number of nitrogens with zero attached hydrogens (tertiary/aromatic N) is 1. The lowest BCUT2D eigenvalue weighted by molar-refractivity contribution is 0.356. The van der Waals surface area contributed by atoms with Crippen LogP contribution in [0.2, 0.25) is 0 Å². The molecule has 0 saturated heterocycles. The molecule has 1 heterocycles. The summed E-state index contributed by atoms with van der Waals surface area (Å²) in [6.07, 6.45) is 0.732. The van der Waals surface area contributed by atoms with Gasteiger partial charge in [-0.1, -0.05) is 30.3 Å². The first-order chi connectivity index (χ1) is 14.6. The predicted octanol–water partition coefficient (Wildman–Crippen LogP) is 5.83. The summed E-state index contributed by atoms with van der Waals surface area (Å²) >= 11 is 0. The molecule has 0 aliphatic heterocycles. The van der Waals surface area contributed by atoms with Crippen LogP contribution in [0, 0.1) is 6.92 Å². The van der Waals surface area contributed by atoms with Crippen LogP contribution < -0.4 is 14.2 Å². The first-order valence-electron chi connectivity index (χ1n) is 9.87. The summed E-state index contributed by atoms with van der Waals surface area (Å²) in [5.41, 5.74) is 5.27. The van der Waals surface area contributed by atoms with E-state index in [9.17, 15) is 0 Å². The fraction of sp³-hybridized carbons (Fsp3) is 0.192. The molecule has 0 fully saturated rings. The molecule has 0 amide bonds. The number of benzene rings is 3. The highest BCUT2D eigenvalue weighted by molar-refractivity contribution is 5.91. The van der Waals surface area contributed by atoms with E-state index in [1.54, 1.807) is 21.3 Å². The van der Waals surface area contributed by atoms with E-state index < -0.39 is 0 Å². The fourth-order valence-electron chi connectivity index (χ4n) is 3.76. The number of fused-ring (bicyclic) bond motifs is 1. The minimum atomic E-state index is 0.703. The lowest BCUT2D eigenvalue weighted by Crippen LogP contribution is -1.99. The van der Waals surface area contributed by atoms with Gasteiger partial charge < -0.3 is 14.2 Å². The molecule has 4 aromatic rings. The summed E-state index contributed by atoms with van der Waals surface area (Å²) < 4.78 is 16.5. The van der Waals surface area contributed by atoms with E-state index in [1.807, 2.05) is 37.3 Å². The number of methoxy groups -OCH3 is 3. The maximum Gasteiger partial charge on any atom is 0.161 e. The van der Waals surface area contributed by atoms with Crippen LogP contribution >= 0.6 is 0 Å². The van der Waals surface area contributed by atoms with E-state index in [-0.39, 0.29) is 0 Å². The Hall–Kier alpha value is -3.53. The third kappa shape index (κ3) is 3.81. The van der Waals surface area contributed by atoms with Gasteiger partial charge in [-0.3, -0.25) is 4.98 Å². The van der Waals surface area contributed by atoms with Gasteiger partial charge in [0.1, 0.15) is 5.75 Å². The van der Waals surface area contributed by atoms with Crippen molar-refractivity contribution in [3.05, 3.63) is 83.6 Å². The molecule has 4 rings (SSSR count). The first kappa shape index (κ1) is 19.8. The molecule has 4 heteroatoms. The molecule has 0 spiro atoms. The van der Waals surface area contributed by atoms with Crippen LogP contribution in [0.5, 0.6) is 17.2 Å². The first-order valence-corrected chi connectivity index (χ1v) is 9.87. The molecule has 0 unspecified atom stereocenters. The van der Waals surface area contributed by atoms with E-state index in [4.69, 9.17) is 19.2 Å². The quantitative estimate of drug-likeness (QED) is 0.409. The van der Waals surface area contributed by atoms with Gasteiger partial charge in [0, 0.05) is 17.4 Å². The Morgan fingerprint density at radius 1 is 0.733 bits per heavy atom. The van der Waals surface area contributed by atoms with Crippen molar-refractivity contribution in [2.75, 3.05) is 21.3 Å². The van der Waals surface area contributed by atoms with Crippen LogP contribution in [-0.4, -0.2) is 26.3 Å². The summed E-state index contributed by atoms with van der Waals surface area (Å²) in [6.45, 7) is 2.04.